The lowest BCUT2D eigenvalue weighted by atomic mass is 10.0. The van der Waals surface area contributed by atoms with Crippen molar-refractivity contribution in [3.8, 4) is 0 Å². The van der Waals surface area contributed by atoms with Gasteiger partial charge < -0.3 is 10.2 Å². The Morgan fingerprint density at radius 3 is 2.48 bits per heavy atom. The molecule has 0 saturated carbocycles. The van der Waals surface area contributed by atoms with Gasteiger partial charge in [0, 0.05) is 36.9 Å². The minimum absolute atomic E-state index is 0.0939. The maximum Gasteiger partial charge on any atom is 0.234 e. The number of nitrogens with one attached hydrogen (secondary N) is 1. The Labute approximate surface area is 167 Å². The highest BCUT2D eigenvalue weighted by Gasteiger charge is 2.21. The predicted octanol–water partition coefficient (Wildman–Crippen LogP) is 4.12. The van der Waals surface area contributed by atoms with Crippen LogP contribution in [0.3, 0.4) is 0 Å². The molecule has 1 saturated heterocycles. The summed E-state index contributed by atoms with van der Waals surface area (Å²) in [5.74, 6) is 0.105. The molecule has 1 N–H and O–H groups in total. The van der Waals surface area contributed by atoms with Crippen molar-refractivity contribution in [3.63, 3.8) is 0 Å². The fraction of sp³-hybridized carbons (Fsp3) is 0.409. The van der Waals surface area contributed by atoms with Crippen LogP contribution in [0, 0.1) is 0 Å². The lowest BCUT2D eigenvalue weighted by Crippen LogP contribution is -2.49. The lowest BCUT2D eigenvalue weighted by molar-refractivity contribution is -0.123. The van der Waals surface area contributed by atoms with Crippen LogP contribution < -0.4 is 10.2 Å². The summed E-state index contributed by atoms with van der Waals surface area (Å²) in [4.78, 5) is 17.1. The Kier molecular flexibility index (Phi) is 7.13. The molecule has 1 amide bonds. The van der Waals surface area contributed by atoms with Crippen LogP contribution in [0.25, 0.3) is 0 Å². The Balaban J connectivity index is 1.50. The number of piperazine rings is 1. The Morgan fingerprint density at radius 1 is 1.07 bits per heavy atom. The van der Waals surface area contributed by atoms with Crippen molar-refractivity contribution in [3.05, 3.63) is 65.2 Å². The maximum atomic E-state index is 12.6. The Hall–Kier alpha value is -2.04. The van der Waals surface area contributed by atoms with Gasteiger partial charge in [0.15, 0.2) is 0 Å². The van der Waals surface area contributed by atoms with Gasteiger partial charge >= 0.3 is 0 Å². The van der Waals surface area contributed by atoms with Crippen LogP contribution in [-0.2, 0) is 4.79 Å². The summed E-state index contributed by atoms with van der Waals surface area (Å²) in [6, 6.07) is 18.3. The van der Waals surface area contributed by atoms with E-state index in [1.807, 2.05) is 36.4 Å². The molecule has 2 aromatic carbocycles. The van der Waals surface area contributed by atoms with E-state index < -0.39 is 0 Å². The van der Waals surface area contributed by atoms with Crippen LogP contribution in [0.2, 0.25) is 5.02 Å². The summed E-state index contributed by atoms with van der Waals surface area (Å²) in [7, 11) is 0. The first-order valence-electron chi connectivity index (χ1n) is 9.73. The second-order valence-corrected chi connectivity index (χ2v) is 7.50. The van der Waals surface area contributed by atoms with Gasteiger partial charge in [0.2, 0.25) is 5.91 Å². The fourth-order valence-corrected chi connectivity index (χ4v) is 3.76. The van der Waals surface area contributed by atoms with Crippen LogP contribution in [-0.4, -0.2) is 43.5 Å². The number of carbonyl (C=O) groups excluding carboxylic acids is 1. The van der Waals surface area contributed by atoms with Gasteiger partial charge in [-0.25, -0.2) is 0 Å². The first-order valence-corrected chi connectivity index (χ1v) is 10.1. The number of halogens is 1. The molecule has 0 unspecified atom stereocenters. The van der Waals surface area contributed by atoms with Crippen molar-refractivity contribution < 1.29 is 4.79 Å². The van der Waals surface area contributed by atoms with Gasteiger partial charge in [-0.3, -0.25) is 9.69 Å². The van der Waals surface area contributed by atoms with E-state index in [9.17, 15) is 4.79 Å². The van der Waals surface area contributed by atoms with Crippen molar-refractivity contribution in [2.75, 3.05) is 37.6 Å². The van der Waals surface area contributed by atoms with Crippen molar-refractivity contribution >= 4 is 23.2 Å². The zero-order chi connectivity index (χ0) is 19.1. The molecule has 144 valence electrons. The predicted molar refractivity (Wildman–Crippen MR) is 112 cm³/mol. The van der Waals surface area contributed by atoms with Gasteiger partial charge in [0.05, 0.1) is 12.6 Å². The van der Waals surface area contributed by atoms with Crippen LogP contribution >= 0.6 is 11.6 Å². The molecule has 1 fully saturated rings. The van der Waals surface area contributed by atoms with Crippen LogP contribution in [0.5, 0.6) is 0 Å². The number of hydrogen-bond acceptors (Lipinski definition) is 3. The third-order valence-corrected chi connectivity index (χ3v) is 5.26. The normalized spacial score (nSPS) is 16.1. The van der Waals surface area contributed by atoms with Gasteiger partial charge in [0.1, 0.15) is 0 Å². The molecular formula is C22H28ClN3O. The van der Waals surface area contributed by atoms with E-state index in [-0.39, 0.29) is 11.9 Å². The number of hydrogen-bond donors (Lipinski definition) is 1. The molecule has 1 atom stereocenters. The fourth-order valence-electron chi connectivity index (χ4n) is 3.58. The van der Waals surface area contributed by atoms with Gasteiger partial charge in [-0.2, -0.15) is 0 Å². The highest BCUT2D eigenvalue weighted by atomic mass is 35.5. The van der Waals surface area contributed by atoms with E-state index in [1.54, 1.807) is 0 Å². The molecule has 4 nitrogen and oxygen atoms in total. The molecule has 0 radical (unpaired) electrons. The molecule has 0 bridgehead atoms. The Morgan fingerprint density at radius 2 is 1.81 bits per heavy atom. The first-order chi connectivity index (χ1) is 13.2. The highest BCUT2D eigenvalue weighted by Crippen LogP contribution is 2.21. The third kappa shape index (κ3) is 5.72. The number of rotatable bonds is 7. The summed E-state index contributed by atoms with van der Waals surface area (Å²) >= 11 is 6.10. The molecule has 1 aliphatic heterocycles. The summed E-state index contributed by atoms with van der Waals surface area (Å²) in [5, 5.41) is 3.98. The van der Waals surface area contributed by atoms with E-state index in [0.29, 0.717) is 6.54 Å². The van der Waals surface area contributed by atoms with Crippen LogP contribution in [0.1, 0.15) is 31.4 Å². The standard InChI is InChI=1S/C22H28ClN3O/c1-2-7-21(18-8-4-3-5-9-18)24-22(27)17-25-12-14-26(15-13-25)20-11-6-10-19(23)16-20/h3-6,8-11,16,21H,2,7,12-15,17H2,1H3,(H,24,27)/t21-/m0/s1. The van der Waals surface area contributed by atoms with Crippen molar-refractivity contribution in [2.24, 2.45) is 0 Å². The molecule has 27 heavy (non-hydrogen) atoms. The molecule has 1 heterocycles. The average Bonchev–Trinajstić information content (AvgIpc) is 2.69. The average molecular weight is 386 g/mol. The molecule has 0 spiro atoms. The number of anilines is 1. The monoisotopic (exact) mass is 385 g/mol. The number of amides is 1. The summed E-state index contributed by atoms with van der Waals surface area (Å²) in [6.45, 7) is 6.18. The summed E-state index contributed by atoms with van der Waals surface area (Å²) < 4.78 is 0. The minimum Gasteiger partial charge on any atom is -0.369 e. The zero-order valence-corrected chi connectivity index (χ0v) is 16.7. The van der Waals surface area contributed by atoms with E-state index in [2.05, 4.69) is 40.2 Å². The molecule has 0 aliphatic carbocycles. The lowest BCUT2D eigenvalue weighted by Gasteiger charge is -2.36. The van der Waals surface area contributed by atoms with Gasteiger partial charge in [-0.1, -0.05) is 61.3 Å². The largest absolute Gasteiger partial charge is 0.369 e. The molecule has 5 heteroatoms. The maximum absolute atomic E-state index is 12.6. The second-order valence-electron chi connectivity index (χ2n) is 7.06. The molecule has 1 aliphatic rings. The van der Waals surface area contributed by atoms with E-state index in [4.69, 9.17) is 11.6 Å². The van der Waals surface area contributed by atoms with E-state index in [1.165, 1.54) is 5.56 Å². The number of carbonyl (C=O) groups is 1. The van der Waals surface area contributed by atoms with Gasteiger partial charge in [0.25, 0.3) is 0 Å². The minimum atomic E-state index is 0.0939. The van der Waals surface area contributed by atoms with E-state index >= 15 is 0 Å². The quantitative estimate of drug-likeness (QED) is 0.778. The van der Waals surface area contributed by atoms with E-state index in [0.717, 1.165) is 49.7 Å². The van der Waals surface area contributed by atoms with Crippen LogP contribution in [0.15, 0.2) is 54.6 Å². The van der Waals surface area contributed by atoms with Crippen molar-refractivity contribution in [2.45, 2.75) is 25.8 Å². The van der Waals surface area contributed by atoms with Crippen LogP contribution in [0.4, 0.5) is 5.69 Å². The SMILES string of the molecule is CCC[C@H](NC(=O)CN1CCN(c2cccc(Cl)c2)CC1)c1ccccc1. The Bertz CT molecular complexity index is 729. The summed E-state index contributed by atoms with van der Waals surface area (Å²) in [6.07, 6.45) is 2.00. The van der Waals surface area contributed by atoms with Gasteiger partial charge in [-0.15, -0.1) is 0 Å². The smallest absolute Gasteiger partial charge is 0.234 e. The second kappa shape index (κ2) is 9.77. The third-order valence-electron chi connectivity index (χ3n) is 5.03. The first kappa shape index (κ1) is 19.7. The summed E-state index contributed by atoms with van der Waals surface area (Å²) in [5.41, 5.74) is 2.33. The molecular weight excluding hydrogens is 358 g/mol. The van der Waals surface area contributed by atoms with Crippen molar-refractivity contribution in [1.82, 2.24) is 10.2 Å². The zero-order valence-electron chi connectivity index (χ0n) is 15.9. The van der Waals surface area contributed by atoms with Crippen molar-refractivity contribution in [1.29, 1.82) is 0 Å². The topological polar surface area (TPSA) is 35.6 Å². The highest BCUT2D eigenvalue weighted by molar-refractivity contribution is 6.30. The molecule has 0 aromatic heterocycles. The molecule has 3 rings (SSSR count). The molecule has 2 aromatic rings. The number of nitrogens with zero attached hydrogens (tertiary/aromatic N) is 2. The van der Waals surface area contributed by atoms with Gasteiger partial charge in [-0.05, 0) is 30.2 Å². The number of benzene rings is 2.